The lowest BCUT2D eigenvalue weighted by Crippen LogP contribution is -2.51. The van der Waals surface area contributed by atoms with Crippen molar-refractivity contribution in [1.82, 2.24) is 18.8 Å². The largest absolute Gasteiger partial charge is 0.339 e. The Hall–Kier alpha value is -2.47. The number of thiophene rings is 1. The van der Waals surface area contributed by atoms with Gasteiger partial charge in [-0.25, -0.2) is 13.4 Å². The number of carbonyl (C=O) groups is 1. The second-order valence-electron chi connectivity index (χ2n) is 9.38. The molecule has 0 saturated carbocycles. The maximum absolute atomic E-state index is 13.4. The molecule has 11 heteroatoms. The van der Waals surface area contributed by atoms with Crippen LogP contribution in [0.5, 0.6) is 0 Å². The smallest absolute Gasteiger partial charge is 0.263 e. The number of amides is 1. The minimum atomic E-state index is -3.59. The first kappa shape index (κ1) is 26.1. The summed E-state index contributed by atoms with van der Waals surface area (Å²) in [6.45, 7) is 7.19. The van der Waals surface area contributed by atoms with Crippen LogP contribution in [0, 0.1) is 6.92 Å². The normalized spacial score (nSPS) is 16.6. The minimum Gasteiger partial charge on any atom is -0.339 e. The Labute approximate surface area is 225 Å². The van der Waals surface area contributed by atoms with E-state index >= 15 is 0 Å². The Morgan fingerprint density at radius 2 is 1.84 bits per heavy atom. The van der Waals surface area contributed by atoms with Crippen molar-refractivity contribution >= 4 is 49.2 Å². The third kappa shape index (κ3) is 5.14. The molecule has 8 nitrogen and oxygen atoms in total. The van der Waals surface area contributed by atoms with Crippen molar-refractivity contribution in [3.63, 3.8) is 0 Å². The summed E-state index contributed by atoms with van der Waals surface area (Å²) in [7, 11) is -3.59. The molecule has 1 aromatic carbocycles. The van der Waals surface area contributed by atoms with Gasteiger partial charge in [0.25, 0.3) is 5.56 Å². The standard InChI is InChI=1S/C26H30N4O4S3/c1-3-12-30-25(32)23-20-6-4-5-7-21(20)36-24(23)27-26(30)35-17-22(31)28-13-15-29(16-14-28)37(33,34)19-10-8-18(2)9-11-19/h3,8-11H,1,4-7,12-17H2,2H3. The van der Waals surface area contributed by atoms with Gasteiger partial charge in [0.2, 0.25) is 15.9 Å². The summed E-state index contributed by atoms with van der Waals surface area (Å²) in [5, 5.41) is 1.24. The van der Waals surface area contributed by atoms with Crippen LogP contribution in [0.15, 0.2) is 51.8 Å². The highest BCUT2D eigenvalue weighted by Crippen LogP contribution is 2.34. The zero-order chi connectivity index (χ0) is 26.2. The predicted molar refractivity (Wildman–Crippen MR) is 148 cm³/mol. The van der Waals surface area contributed by atoms with Gasteiger partial charge in [-0.1, -0.05) is 35.5 Å². The highest BCUT2D eigenvalue weighted by Gasteiger charge is 2.30. The number of piperazine rings is 1. The molecule has 3 heterocycles. The quantitative estimate of drug-likeness (QED) is 0.251. The fourth-order valence-electron chi connectivity index (χ4n) is 4.87. The molecule has 1 aliphatic carbocycles. The SMILES string of the molecule is C=CCn1c(SCC(=O)N2CCN(S(=O)(=O)c3ccc(C)cc3)CC2)nc2sc3c(c2c1=O)CCCC3. The number of benzene rings is 1. The fraction of sp³-hybridized carbons (Fsp3) is 0.423. The molecule has 37 heavy (non-hydrogen) atoms. The molecule has 0 N–H and O–H groups in total. The maximum atomic E-state index is 13.4. The Morgan fingerprint density at radius 1 is 1.14 bits per heavy atom. The summed E-state index contributed by atoms with van der Waals surface area (Å²) in [4.78, 5) is 35.2. The number of hydrogen-bond acceptors (Lipinski definition) is 7. The zero-order valence-electron chi connectivity index (χ0n) is 20.8. The molecule has 2 aromatic heterocycles. The van der Waals surface area contributed by atoms with Crippen molar-refractivity contribution in [3.05, 3.63) is 63.3 Å². The van der Waals surface area contributed by atoms with Gasteiger partial charge in [-0.05, 0) is 50.3 Å². The van der Waals surface area contributed by atoms with E-state index in [1.165, 1.54) is 20.9 Å². The van der Waals surface area contributed by atoms with E-state index in [0.29, 0.717) is 24.8 Å². The first-order chi connectivity index (χ1) is 17.8. The van der Waals surface area contributed by atoms with Crippen LogP contribution in [-0.4, -0.2) is 65.0 Å². The highest BCUT2D eigenvalue weighted by atomic mass is 32.2. The molecule has 5 rings (SSSR count). The van der Waals surface area contributed by atoms with Crippen LogP contribution in [-0.2, 0) is 34.2 Å². The molecule has 1 aliphatic heterocycles. The van der Waals surface area contributed by atoms with E-state index in [2.05, 4.69) is 6.58 Å². The summed E-state index contributed by atoms with van der Waals surface area (Å²) in [6.07, 6.45) is 5.80. The number of rotatable bonds is 7. The van der Waals surface area contributed by atoms with Crippen molar-refractivity contribution < 1.29 is 13.2 Å². The van der Waals surface area contributed by atoms with Crippen LogP contribution in [0.3, 0.4) is 0 Å². The molecule has 0 bridgehead atoms. The number of thioether (sulfide) groups is 1. The summed E-state index contributed by atoms with van der Waals surface area (Å²) >= 11 is 2.85. The summed E-state index contributed by atoms with van der Waals surface area (Å²) in [5.41, 5.74) is 2.08. The molecular formula is C26H30N4O4S3. The van der Waals surface area contributed by atoms with E-state index in [1.807, 2.05) is 6.92 Å². The van der Waals surface area contributed by atoms with Gasteiger partial charge in [-0.2, -0.15) is 4.31 Å². The van der Waals surface area contributed by atoms with E-state index in [9.17, 15) is 18.0 Å². The zero-order valence-corrected chi connectivity index (χ0v) is 23.3. The number of fused-ring (bicyclic) bond motifs is 3. The van der Waals surface area contributed by atoms with Crippen LogP contribution < -0.4 is 5.56 Å². The fourth-order valence-corrected chi connectivity index (χ4v) is 8.51. The lowest BCUT2D eigenvalue weighted by atomic mass is 9.97. The van der Waals surface area contributed by atoms with Crippen molar-refractivity contribution in [2.75, 3.05) is 31.9 Å². The Kier molecular flexibility index (Phi) is 7.58. The van der Waals surface area contributed by atoms with Gasteiger partial charge in [0.1, 0.15) is 4.83 Å². The number of allylic oxidation sites excluding steroid dienone is 1. The second kappa shape index (κ2) is 10.7. The lowest BCUT2D eigenvalue weighted by molar-refractivity contribution is -0.129. The highest BCUT2D eigenvalue weighted by molar-refractivity contribution is 7.99. The monoisotopic (exact) mass is 558 g/mol. The molecule has 0 atom stereocenters. The average molecular weight is 559 g/mol. The van der Waals surface area contributed by atoms with Crippen LogP contribution in [0.1, 0.15) is 28.8 Å². The molecule has 0 spiro atoms. The minimum absolute atomic E-state index is 0.0609. The van der Waals surface area contributed by atoms with E-state index in [1.54, 1.807) is 51.1 Å². The molecule has 0 radical (unpaired) electrons. The number of carbonyl (C=O) groups excluding carboxylic acids is 1. The number of aryl methyl sites for hydroxylation is 3. The van der Waals surface area contributed by atoms with Crippen molar-refractivity contribution in [2.24, 2.45) is 0 Å². The first-order valence-corrected chi connectivity index (χ1v) is 15.7. The summed E-state index contributed by atoms with van der Waals surface area (Å²) < 4.78 is 29.0. The Morgan fingerprint density at radius 3 is 2.54 bits per heavy atom. The van der Waals surface area contributed by atoms with Crippen LogP contribution in [0.4, 0.5) is 0 Å². The third-order valence-electron chi connectivity index (χ3n) is 6.93. The predicted octanol–water partition coefficient (Wildman–Crippen LogP) is 3.46. The van der Waals surface area contributed by atoms with E-state index in [4.69, 9.17) is 4.98 Å². The van der Waals surface area contributed by atoms with Crippen molar-refractivity contribution in [2.45, 2.75) is 49.2 Å². The topological polar surface area (TPSA) is 92.6 Å². The van der Waals surface area contributed by atoms with E-state index < -0.39 is 10.0 Å². The van der Waals surface area contributed by atoms with Gasteiger partial charge in [0.05, 0.1) is 16.0 Å². The van der Waals surface area contributed by atoms with Gasteiger partial charge < -0.3 is 4.90 Å². The number of aromatic nitrogens is 2. The maximum Gasteiger partial charge on any atom is 0.263 e. The number of nitrogens with zero attached hydrogens (tertiary/aromatic N) is 4. The van der Waals surface area contributed by atoms with E-state index in [-0.39, 0.29) is 35.2 Å². The van der Waals surface area contributed by atoms with E-state index in [0.717, 1.165) is 47.0 Å². The molecule has 3 aromatic rings. The number of sulfonamides is 1. The van der Waals surface area contributed by atoms with Gasteiger partial charge in [0, 0.05) is 37.6 Å². The summed E-state index contributed by atoms with van der Waals surface area (Å²) in [5.74, 6) is 0.0348. The number of hydrogen-bond donors (Lipinski definition) is 0. The Balaban J connectivity index is 1.27. The van der Waals surface area contributed by atoms with Gasteiger partial charge >= 0.3 is 0 Å². The molecule has 0 unspecified atom stereocenters. The van der Waals surface area contributed by atoms with Crippen LogP contribution in [0.2, 0.25) is 0 Å². The Bertz CT molecular complexity index is 1500. The molecule has 1 fully saturated rings. The molecular weight excluding hydrogens is 529 g/mol. The third-order valence-corrected chi connectivity index (χ3v) is 11.0. The lowest BCUT2D eigenvalue weighted by Gasteiger charge is -2.34. The molecule has 2 aliphatic rings. The molecule has 1 amide bonds. The van der Waals surface area contributed by atoms with Gasteiger partial charge in [0.15, 0.2) is 5.16 Å². The molecule has 196 valence electrons. The second-order valence-corrected chi connectivity index (χ2v) is 13.3. The average Bonchev–Trinajstić information content (AvgIpc) is 3.28. The van der Waals surface area contributed by atoms with Crippen molar-refractivity contribution in [1.29, 1.82) is 0 Å². The van der Waals surface area contributed by atoms with Crippen LogP contribution in [0.25, 0.3) is 10.2 Å². The molecule has 1 saturated heterocycles. The summed E-state index contributed by atoms with van der Waals surface area (Å²) in [6, 6.07) is 6.81. The first-order valence-electron chi connectivity index (χ1n) is 12.4. The van der Waals surface area contributed by atoms with Crippen LogP contribution >= 0.6 is 23.1 Å². The van der Waals surface area contributed by atoms with Gasteiger partial charge in [-0.3, -0.25) is 14.2 Å². The van der Waals surface area contributed by atoms with Gasteiger partial charge in [-0.15, -0.1) is 17.9 Å². The van der Waals surface area contributed by atoms with Crippen molar-refractivity contribution in [3.8, 4) is 0 Å².